The maximum absolute atomic E-state index is 5.20. The second-order valence-corrected chi connectivity index (χ2v) is 2.77. The number of nitrogen functional groups attached to an aromatic ring is 1. The van der Waals surface area contributed by atoms with Gasteiger partial charge in [-0.2, -0.15) is 0 Å². The Kier molecular flexibility index (Phi) is 2.65. The Hall–Kier alpha value is -1.54. The van der Waals surface area contributed by atoms with Crippen molar-refractivity contribution in [1.82, 2.24) is 20.4 Å². The molecule has 8 heteroatoms. The van der Waals surface area contributed by atoms with E-state index in [-0.39, 0.29) is 5.95 Å². The Morgan fingerprint density at radius 2 is 1.79 bits per heavy atom. The Balaban J connectivity index is 2.07. The average molecular weight is 197 g/mol. The second-order valence-electron chi connectivity index (χ2n) is 2.77. The van der Waals surface area contributed by atoms with Crippen molar-refractivity contribution in [2.24, 2.45) is 5.84 Å². The first-order chi connectivity index (χ1) is 6.90. The normalized spacial score (nSPS) is 16.8. The molecule has 0 saturated carbocycles. The second kappa shape index (κ2) is 4.11. The molecule has 0 unspecified atom stereocenters. The maximum Gasteiger partial charge on any atom is 0.276 e. The van der Waals surface area contributed by atoms with Crippen molar-refractivity contribution in [2.75, 3.05) is 36.6 Å². The first-order valence-electron chi connectivity index (χ1n) is 4.27. The van der Waals surface area contributed by atoms with Crippen LogP contribution in [0.3, 0.4) is 0 Å². The molecule has 1 aromatic rings. The number of morpholine rings is 1. The van der Waals surface area contributed by atoms with Gasteiger partial charge in [-0.3, -0.25) is 5.43 Å². The SMILES string of the molecule is NNc1nnc(N2CCOCC2)nn1. The van der Waals surface area contributed by atoms with E-state index in [2.05, 4.69) is 25.8 Å². The predicted molar refractivity (Wildman–Crippen MR) is 48.5 cm³/mol. The van der Waals surface area contributed by atoms with E-state index in [0.717, 1.165) is 13.1 Å². The van der Waals surface area contributed by atoms with Gasteiger partial charge in [0.05, 0.1) is 13.2 Å². The van der Waals surface area contributed by atoms with Crippen molar-refractivity contribution >= 4 is 11.9 Å². The summed E-state index contributed by atoms with van der Waals surface area (Å²) in [5.74, 6) is 5.81. The lowest BCUT2D eigenvalue weighted by Crippen LogP contribution is -2.37. The number of ether oxygens (including phenoxy) is 1. The van der Waals surface area contributed by atoms with Crippen LogP contribution in [0.15, 0.2) is 0 Å². The fraction of sp³-hybridized carbons (Fsp3) is 0.667. The molecule has 14 heavy (non-hydrogen) atoms. The molecule has 2 rings (SSSR count). The number of rotatable bonds is 2. The summed E-state index contributed by atoms with van der Waals surface area (Å²) in [6.45, 7) is 2.89. The fourth-order valence-electron chi connectivity index (χ4n) is 1.17. The summed E-state index contributed by atoms with van der Waals surface area (Å²) in [6.07, 6.45) is 0. The van der Waals surface area contributed by atoms with Gasteiger partial charge in [-0.1, -0.05) is 0 Å². The quantitative estimate of drug-likeness (QED) is 0.431. The van der Waals surface area contributed by atoms with Gasteiger partial charge in [-0.25, -0.2) is 5.84 Å². The summed E-state index contributed by atoms with van der Waals surface area (Å²) in [7, 11) is 0. The largest absolute Gasteiger partial charge is 0.378 e. The molecule has 1 fully saturated rings. The lowest BCUT2D eigenvalue weighted by molar-refractivity contribution is 0.122. The minimum atomic E-state index is 0.210. The molecular formula is C6H11N7O. The van der Waals surface area contributed by atoms with Crippen molar-refractivity contribution in [3.8, 4) is 0 Å². The molecule has 1 aliphatic rings. The van der Waals surface area contributed by atoms with Crippen molar-refractivity contribution in [3.63, 3.8) is 0 Å². The van der Waals surface area contributed by atoms with Crippen LogP contribution in [0.1, 0.15) is 0 Å². The molecule has 3 N–H and O–H groups in total. The number of aromatic nitrogens is 4. The van der Waals surface area contributed by atoms with Crippen LogP contribution < -0.4 is 16.2 Å². The molecule has 0 aromatic carbocycles. The van der Waals surface area contributed by atoms with Gasteiger partial charge in [-0.15, -0.1) is 20.4 Å². The fourth-order valence-corrected chi connectivity index (χ4v) is 1.17. The molecule has 1 saturated heterocycles. The smallest absolute Gasteiger partial charge is 0.276 e. The monoisotopic (exact) mass is 197 g/mol. The highest BCUT2D eigenvalue weighted by atomic mass is 16.5. The van der Waals surface area contributed by atoms with Gasteiger partial charge in [0.15, 0.2) is 0 Å². The van der Waals surface area contributed by atoms with Gasteiger partial charge in [0.2, 0.25) is 0 Å². The molecule has 0 atom stereocenters. The van der Waals surface area contributed by atoms with E-state index in [1.165, 1.54) is 0 Å². The van der Waals surface area contributed by atoms with Crippen LogP contribution in [0.2, 0.25) is 0 Å². The highest BCUT2D eigenvalue weighted by Crippen LogP contribution is 2.06. The summed E-state index contributed by atoms with van der Waals surface area (Å²) in [4.78, 5) is 1.96. The topological polar surface area (TPSA) is 102 Å². The number of hydrogen-bond acceptors (Lipinski definition) is 8. The molecule has 0 spiro atoms. The van der Waals surface area contributed by atoms with Gasteiger partial charge in [0.25, 0.3) is 11.9 Å². The molecular weight excluding hydrogens is 186 g/mol. The van der Waals surface area contributed by atoms with Gasteiger partial charge < -0.3 is 9.64 Å². The van der Waals surface area contributed by atoms with E-state index in [1.807, 2.05) is 4.90 Å². The highest BCUT2D eigenvalue weighted by molar-refractivity contribution is 5.28. The minimum Gasteiger partial charge on any atom is -0.378 e. The molecule has 1 aromatic heterocycles. The minimum absolute atomic E-state index is 0.210. The predicted octanol–water partition coefficient (Wildman–Crippen LogP) is -1.61. The van der Waals surface area contributed by atoms with Gasteiger partial charge in [-0.05, 0) is 0 Å². The van der Waals surface area contributed by atoms with Crippen LogP contribution in [-0.4, -0.2) is 46.7 Å². The Bertz CT molecular complexity index is 283. The first-order valence-corrected chi connectivity index (χ1v) is 4.27. The van der Waals surface area contributed by atoms with E-state index in [1.54, 1.807) is 0 Å². The number of anilines is 2. The standard InChI is InChI=1S/C6H11N7O/c7-8-5-9-11-6(12-10-5)13-1-3-14-4-2-13/h1-4,7H2,(H,8,9,10). The zero-order valence-electron chi connectivity index (χ0n) is 7.55. The van der Waals surface area contributed by atoms with E-state index in [0.29, 0.717) is 19.2 Å². The lowest BCUT2D eigenvalue weighted by Gasteiger charge is -2.25. The summed E-state index contributed by atoms with van der Waals surface area (Å²) < 4.78 is 5.20. The molecule has 0 amide bonds. The molecule has 8 nitrogen and oxygen atoms in total. The van der Waals surface area contributed by atoms with Crippen LogP contribution in [0.25, 0.3) is 0 Å². The summed E-state index contributed by atoms with van der Waals surface area (Å²) in [5, 5.41) is 15.2. The van der Waals surface area contributed by atoms with E-state index in [9.17, 15) is 0 Å². The third-order valence-electron chi connectivity index (χ3n) is 1.89. The van der Waals surface area contributed by atoms with Crippen molar-refractivity contribution < 1.29 is 4.74 Å². The zero-order chi connectivity index (χ0) is 9.80. The van der Waals surface area contributed by atoms with Crippen LogP contribution in [0.5, 0.6) is 0 Å². The number of hydrazine groups is 1. The number of hydrogen-bond donors (Lipinski definition) is 2. The third kappa shape index (κ3) is 1.86. The highest BCUT2D eigenvalue weighted by Gasteiger charge is 2.14. The van der Waals surface area contributed by atoms with Gasteiger partial charge >= 0.3 is 0 Å². The number of nitrogens with one attached hydrogen (secondary N) is 1. The Labute approximate surface area is 80.4 Å². The van der Waals surface area contributed by atoms with Crippen LogP contribution in [0, 0.1) is 0 Å². The van der Waals surface area contributed by atoms with Crippen LogP contribution >= 0.6 is 0 Å². The van der Waals surface area contributed by atoms with Gasteiger partial charge in [0, 0.05) is 13.1 Å². The molecule has 0 aliphatic carbocycles. The van der Waals surface area contributed by atoms with Gasteiger partial charge in [0.1, 0.15) is 0 Å². The molecule has 1 aliphatic heterocycles. The van der Waals surface area contributed by atoms with Crippen LogP contribution in [-0.2, 0) is 4.74 Å². The summed E-state index contributed by atoms with van der Waals surface area (Å²) in [5.41, 5.74) is 2.27. The molecule has 76 valence electrons. The number of nitrogens with zero attached hydrogens (tertiary/aromatic N) is 5. The number of nitrogens with two attached hydrogens (primary N) is 1. The lowest BCUT2D eigenvalue weighted by atomic mass is 10.4. The van der Waals surface area contributed by atoms with Crippen molar-refractivity contribution in [1.29, 1.82) is 0 Å². The average Bonchev–Trinajstić information content (AvgIpc) is 2.30. The summed E-state index contributed by atoms with van der Waals surface area (Å²) >= 11 is 0. The third-order valence-corrected chi connectivity index (χ3v) is 1.89. The Morgan fingerprint density at radius 1 is 1.14 bits per heavy atom. The van der Waals surface area contributed by atoms with Crippen molar-refractivity contribution in [3.05, 3.63) is 0 Å². The van der Waals surface area contributed by atoms with E-state index >= 15 is 0 Å². The van der Waals surface area contributed by atoms with Crippen LogP contribution in [0.4, 0.5) is 11.9 Å². The summed E-state index contributed by atoms with van der Waals surface area (Å²) in [6, 6.07) is 0. The van der Waals surface area contributed by atoms with E-state index in [4.69, 9.17) is 10.6 Å². The van der Waals surface area contributed by atoms with Crippen molar-refractivity contribution in [2.45, 2.75) is 0 Å². The first kappa shape index (κ1) is 9.03. The maximum atomic E-state index is 5.20. The molecule has 0 bridgehead atoms. The molecule has 0 radical (unpaired) electrons. The Morgan fingerprint density at radius 3 is 2.36 bits per heavy atom. The zero-order valence-corrected chi connectivity index (χ0v) is 7.55. The van der Waals surface area contributed by atoms with E-state index < -0.39 is 0 Å². The molecule has 2 heterocycles.